The standard InChI is InChI=1S/C9H21NO2/c1-4-7-10(8(11)5-2)9(12)6-3/h8-9,11-12H,4-7H2,1-3H3. The van der Waals surface area contributed by atoms with Gasteiger partial charge in [0.2, 0.25) is 0 Å². The van der Waals surface area contributed by atoms with Gasteiger partial charge in [-0.05, 0) is 19.3 Å². The second-order valence-corrected chi connectivity index (χ2v) is 3.02. The Morgan fingerprint density at radius 3 is 1.67 bits per heavy atom. The predicted molar refractivity (Wildman–Crippen MR) is 49.6 cm³/mol. The summed E-state index contributed by atoms with van der Waals surface area (Å²) in [5.74, 6) is 0. The Labute approximate surface area is 75.0 Å². The van der Waals surface area contributed by atoms with Crippen molar-refractivity contribution in [2.45, 2.75) is 52.5 Å². The average molecular weight is 175 g/mol. The van der Waals surface area contributed by atoms with Crippen molar-refractivity contribution < 1.29 is 10.2 Å². The van der Waals surface area contributed by atoms with Crippen molar-refractivity contribution in [1.29, 1.82) is 0 Å². The molecule has 0 heterocycles. The summed E-state index contributed by atoms with van der Waals surface area (Å²) in [6.07, 6.45) is 1.28. The van der Waals surface area contributed by atoms with E-state index in [0.29, 0.717) is 12.8 Å². The van der Waals surface area contributed by atoms with Gasteiger partial charge in [-0.25, -0.2) is 0 Å². The number of nitrogens with zero attached hydrogens (tertiary/aromatic N) is 1. The molecule has 0 radical (unpaired) electrons. The summed E-state index contributed by atoms with van der Waals surface area (Å²) < 4.78 is 0. The Bertz CT molecular complexity index is 98.7. The molecule has 0 aromatic carbocycles. The van der Waals surface area contributed by atoms with E-state index < -0.39 is 12.5 Å². The zero-order valence-corrected chi connectivity index (χ0v) is 8.32. The van der Waals surface area contributed by atoms with Crippen LogP contribution in [0.4, 0.5) is 0 Å². The lowest BCUT2D eigenvalue weighted by Gasteiger charge is -2.30. The van der Waals surface area contributed by atoms with E-state index in [1.165, 1.54) is 0 Å². The van der Waals surface area contributed by atoms with Gasteiger partial charge >= 0.3 is 0 Å². The van der Waals surface area contributed by atoms with Crippen LogP contribution in [0.25, 0.3) is 0 Å². The molecule has 0 saturated heterocycles. The van der Waals surface area contributed by atoms with Crippen LogP contribution in [-0.2, 0) is 0 Å². The minimum absolute atomic E-state index is 0.500. The molecule has 0 aliphatic carbocycles. The summed E-state index contributed by atoms with van der Waals surface area (Å²) in [7, 11) is 0. The van der Waals surface area contributed by atoms with E-state index in [1.54, 1.807) is 4.90 Å². The van der Waals surface area contributed by atoms with E-state index in [9.17, 15) is 10.2 Å². The number of hydrogen-bond acceptors (Lipinski definition) is 3. The SMILES string of the molecule is CCCN(C(O)CC)C(O)CC. The van der Waals surface area contributed by atoms with Crippen LogP contribution in [0, 0.1) is 0 Å². The quantitative estimate of drug-likeness (QED) is 0.595. The highest BCUT2D eigenvalue weighted by Gasteiger charge is 2.18. The van der Waals surface area contributed by atoms with Crippen LogP contribution in [0.15, 0.2) is 0 Å². The van der Waals surface area contributed by atoms with Crippen molar-refractivity contribution in [3.63, 3.8) is 0 Å². The molecule has 0 fully saturated rings. The van der Waals surface area contributed by atoms with Crippen LogP contribution in [0.3, 0.4) is 0 Å². The smallest absolute Gasteiger partial charge is 0.109 e. The summed E-state index contributed by atoms with van der Waals surface area (Å²) in [4.78, 5) is 1.74. The second-order valence-electron chi connectivity index (χ2n) is 3.02. The molecule has 0 aromatic rings. The first-order chi connectivity index (χ1) is 5.67. The van der Waals surface area contributed by atoms with Crippen molar-refractivity contribution in [1.82, 2.24) is 4.90 Å². The third-order valence-corrected chi connectivity index (χ3v) is 1.98. The lowest BCUT2D eigenvalue weighted by atomic mass is 10.3. The molecule has 74 valence electrons. The van der Waals surface area contributed by atoms with E-state index >= 15 is 0 Å². The maximum atomic E-state index is 9.52. The van der Waals surface area contributed by atoms with Gasteiger partial charge in [-0.1, -0.05) is 20.8 Å². The van der Waals surface area contributed by atoms with Gasteiger partial charge in [0.25, 0.3) is 0 Å². The molecule has 3 nitrogen and oxygen atoms in total. The topological polar surface area (TPSA) is 43.7 Å². The third-order valence-electron chi connectivity index (χ3n) is 1.98. The molecule has 0 amide bonds. The Morgan fingerprint density at radius 1 is 1.00 bits per heavy atom. The normalized spacial score (nSPS) is 16.5. The largest absolute Gasteiger partial charge is 0.378 e. The summed E-state index contributed by atoms with van der Waals surface area (Å²) in [5.41, 5.74) is 0. The molecule has 0 aromatic heterocycles. The number of aliphatic hydroxyl groups is 2. The van der Waals surface area contributed by atoms with Crippen molar-refractivity contribution in [2.75, 3.05) is 6.54 Å². The fourth-order valence-corrected chi connectivity index (χ4v) is 1.22. The fraction of sp³-hybridized carbons (Fsp3) is 1.00. The lowest BCUT2D eigenvalue weighted by molar-refractivity contribution is -0.103. The molecule has 0 saturated carbocycles. The molecule has 2 atom stereocenters. The third kappa shape index (κ3) is 3.52. The van der Waals surface area contributed by atoms with Crippen molar-refractivity contribution in [2.24, 2.45) is 0 Å². The maximum absolute atomic E-state index is 9.52. The first-order valence-corrected chi connectivity index (χ1v) is 4.79. The van der Waals surface area contributed by atoms with Crippen LogP contribution in [-0.4, -0.2) is 34.1 Å². The van der Waals surface area contributed by atoms with E-state index in [2.05, 4.69) is 0 Å². The zero-order chi connectivity index (χ0) is 9.56. The van der Waals surface area contributed by atoms with Gasteiger partial charge in [0, 0.05) is 6.54 Å². The summed E-state index contributed by atoms with van der Waals surface area (Å²) in [6, 6.07) is 0. The van der Waals surface area contributed by atoms with E-state index in [4.69, 9.17) is 0 Å². The lowest BCUT2D eigenvalue weighted by Crippen LogP contribution is -2.43. The van der Waals surface area contributed by atoms with E-state index in [-0.39, 0.29) is 0 Å². The highest BCUT2D eigenvalue weighted by molar-refractivity contribution is 4.62. The van der Waals surface area contributed by atoms with Gasteiger partial charge in [0.1, 0.15) is 12.5 Å². The van der Waals surface area contributed by atoms with E-state index in [0.717, 1.165) is 13.0 Å². The maximum Gasteiger partial charge on any atom is 0.109 e. The molecular formula is C9H21NO2. The predicted octanol–water partition coefficient (Wildman–Crippen LogP) is 1.16. The minimum Gasteiger partial charge on any atom is -0.378 e. The summed E-state index contributed by atoms with van der Waals surface area (Å²) >= 11 is 0. The van der Waals surface area contributed by atoms with Gasteiger partial charge in [-0.15, -0.1) is 0 Å². The van der Waals surface area contributed by atoms with Crippen molar-refractivity contribution in [3.05, 3.63) is 0 Å². The van der Waals surface area contributed by atoms with Crippen LogP contribution in [0.1, 0.15) is 40.0 Å². The summed E-state index contributed by atoms with van der Waals surface area (Å²) in [5, 5.41) is 19.0. The fourth-order valence-electron chi connectivity index (χ4n) is 1.22. The first-order valence-electron chi connectivity index (χ1n) is 4.79. The second kappa shape index (κ2) is 6.40. The van der Waals surface area contributed by atoms with Crippen molar-refractivity contribution >= 4 is 0 Å². The first kappa shape index (κ1) is 11.9. The minimum atomic E-state index is -0.500. The summed E-state index contributed by atoms with van der Waals surface area (Å²) in [6.45, 7) is 6.62. The molecule has 2 N–H and O–H groups in total. The van der Waals surface area contributed by atoms with Crippen LogP contribution in [0.5, 0.6) is 0 Å². The van der Waals surface area contributed by atoms with Gasteiger partial charge < -0.3 is 10.2 Å². The van der Waals surface area contributed by atoms with Gasteiger partial charge in [-0.2, -0.15) is 0 Å². The van der Waals surface area contributed by atoms with Crippen LogP contribution >= 0.6 is 0 Å². The molecule has 12 heavy (non-hydrogen) atoms. The average Bonchev–Trinajstić information content (AvgIpc) is 2.11. The Hall–Kier alpha value is -0.120. The zero-order valence-electron chi connectivity index (χ0n) is 8.32. The molecular weight excluding hydrogens is 154 g/mol. The van der Waals surface area contributed by atoms with Gasteiger partial charge in [-0.3, -0.25) is 4.90 Å². The molecule has 2 unspecified atom stereocenters. The van der Waals surface area contributed by atoms with Gasteiger partial charge in [0.05, 0.1) is 0 Å². The molecule has 0 rings (SSSR count). The van der Waals surface area contributed by atoms with Crippen LogP contribution in [0.2, 0.25) is 0 Å². The molecule has 0 aliphatic heterocycles. The van der Waals surface area contributed by atoms with Crippen LogP contribution < -0.4 is 0 Å². The highest BCUT2D eigenvalue weighted by atomic mass is 16.3. The molecule has 0 bridgehead atoms. The number of hydrogen-bond donors (Lipinski definition) is 2. The highest BCUT2D eigenvalue weighted by Crippen LogP contribution is 2.08. The Balaban J connectivity index is 4.01. The monoisotopic (exact) mass is 175 g/mol. The molecule has 0 aliphatic rings. The Morgan fingerprint density at radius 2 is 1.42 bits per heavy atom. The van der Waals surface area contributed by atoms with Gasteiger partial charge in [0.15, 0.2) is 0 Å². The molecule has 3 heteroatoms. The number of aliphatic hydroxyl groups excluding tert-OH is 2. The number of rotatable bonds is 6. The molecule has 0 spiro atoms. The van der Waals surface area contributed by atoms with E-state index in [1.807, 2.05) is 20.8 Å². The Kier molecular flexibility index (Phi) is 6.34. The van der Waals surface area contributed by atoms with Crippen molar-refractivity contribution in [3.8, 4) is 0 Å².